The van der Waals surface area contributed by atoms with Crippen LogP contribution in [0.3, 0.4) is 0 Å². The van der Waals surface area contributed by atoms with Gasteiger partial charge in [-0.1, -0.05) is 17.7 Å². The molecule has 7 heteroatoms. The summed E-state index contributed by atoms with van der Waals surface area (Å²) in [7, 11) is 1.54. The molecule has 2 rings (SSSR count). The van der Waals surface area contributed by atoms with Crippen molar-refractivity contribution < 1.29 is 19.1 Å². The van der Waals surface area contributed by atoms with Crippen LogP contribution in [0.4, 0.5) is 5.69 Å². The van der Waals surface area contributed by atoms with Gasteiger partial charge in [0.15, 0.2) is 6.61 Å². The number of carbonyl (C=O) groups excluding carboxylic acids is 2. The molecule has 0 saturated heterocycles. The summed E-state index contributed by atoms with van der Waals surface area (Å²) >= 11 is 5.98. The molecule has 2 aromatic rings. The molecule has 0 spiro atoms. The summed E-state index contributed by atoms with van der Waals surface area (Å²) in [5, 5.41) is 5.98. The Morgan fingerprint density at radius 1 is 1.04 bits per heavy atom. The van der Waals surface area contributed by atoms with Gasteiger partial charge in [-0.05, 0) is 49.2 Å². The van der Waals surface area contributed by atoms with Crippen molar-refractivity contribution in [2.24, 2.45) is 0 Å². The number of amides is 2. The molecule has 144 valence electrons. The zero-order valence-electron chi connectivity index (χ0n) is 15.4. The summed E-state index contributed by atoms with van der Waals surface area (Å²) < 4.78 is 11.0. The minimum absolute atomic E-state index is 0.0740. The van der Waals surface area contributed by atoms with Crippen molar-refractivity contribution >= 4 is 29.1 Å². The van der Waals surface area contributed by atoms with Crippen LogP contribution in [0.2, 0.25) is 5.02 Å². The van der Waals surface area contributed by atoms with Gasteiger partial charge in [-0.25, -0.2) is 0 Å². The second-order valence-electron chi connectivity index (χ2n) is 5.90. The van der Waals surface area contributed by atoms with Crippen molar-refractivity contribution in [1.29, 1.82) is 0 Å². The predicted octanol–water partition coefficient (Wildman–Crippen LogP) is 3.57. The third kappa shape index (κ3) is 7.19. The SMILES string of the molecule is CNC(=O)COc1cccc(NC(=O)CCCOc2ccc(Cl)c(C)c2)c1. The van der Waals surface area contributed by atoms with Crippen molar-refractivity contribution in [2.45, 2.75) is 19.8 Å². The number of hydrogen-bond donors (Lipinski definition) is 2. The highest BCUT2D eigenvalue weighted by molar-refractivity contribution is 6.31. The van der Waals surface area contributed by atoms with Crippen molar-refractivity contribution in [3.05, 3.63) is 53.1 Å². The molecule has 27 heavy (non-hydrogen) atoms. The van der Waals surface area contributed by atoms with E-state index >= 15 is 0 Å². The van der Waals surface area contributed by atoms with Gasteiger partial charge >= 0.3 is 0 Å². The molecule has 0 bridgehead atoms. The number of likely N-dealkylation sites (N-methyl/N-ethyl adjacent to an activating group) is 1. The average molecular weight is 391 g/mol. The van der Waals surface area contributed by atoms with E-state index in [9.17, 15) is 9.59 Å². The summed E-state index contributed by atoms with van der Waals surface area (Å²) in [6, 6.07) is 12.4. The summed E-state index contributed by atoms with van der Waals surface area (Å²) in [5.74, 6) is 0.908. The Balaban J connectivity index is 1.73. The van der Waals surface area contributed by atoms with Gasteiger partial charge in [0.1, 0.15) is 11.5 Å². The Hall–Kier alpha value is -2.73. The van der Waals surface area contributed by atoms with Gasteiger partial charge in [0, 0.05) is 30.2 Å². The third-order valence-electron chi connectivity index (χ3n) is 3.71. The smallest absolute Gasteiger partial charge is 0.257 e. The Morgan fingerprint density at radius 2 is 1.81 bits per heavy atom. The van der Waals surface area contributed by atoms with Crippen LogP contribution in [0, 0.1) is 6.92 Å². The van der Waals surface area contributed by atoms with E-state index in [0.29, 0.717) is 35.9 Å². The molecule has 6 nitrogen and oxygen atoms in total. The largest absolute Gasteiger partial charge is 0.494 e. The van der Waals surface area contributed by atoms with Crippen LogP contribution in [0.5, 0.6) is 11.5 Å². The van der Waals surface area contributed by atoms with Crippen LogP contribution in [-0.2, 0) is 9.59 Å². The topological polar surface area (TPSA) is 76.7 Å². The molecule has 2 amide bonds. The summed E-state index contributed by atoms with van der Waals surface area (Å²) in [5.41, 5.74) is 1.56. The van der Waals surface area contributed by atoms with Crippen LogP contribution < -0.4 is 20.1 Å². The molecule has 2 aromatic carbocycles. The molecule has 0 aliphatic carbocycles. The second kappa shape index (κ2) is 10.4. The maximum atomic E-state index is 12.1. The molecule has 0 saturated carbocycles. The van der Waals surface area contributed by atoms with Gasteiger partial charge in [-0.3, -0.25) is 9.59 Å². The molecular weight excluding hydrogens is 368 g/mol. The van der Waals surface area contributed by atoms with E-state index in [1.165, 1.54) is 0 Å². The summed E-state index contributed by atoms with van der Waals surface area (Å²) in [4.78, 5) is 23.3. The van der Waals surface area contributed by atoms with Crippen LogP contribution >= 0.6 is 11.6 Å². The molecular formula is C20H23ClN2O4. The second-order valence-corrected chi connectivity index (χ2v) is 6.31. The standard InChI is InChI=1S/C20H23ClN2O4/c1-14-11-17(8-9-18(14)21)26-10-4-7-19(24)23-15-5-3-6-16(12-15)27-13-20(25)22-2/h3,5-6,8-9,11-12H,4,7,10,13H2,1-2H3,(H,22,25)(H,23,24). The van der Waals surface area contributed by atoms with E-state index in [1.807, 2.05) is 13.0 Å². The maximum Gasteiger partial charge on any atom is 0.257 e. The molecule has 0 radical (unpaired) electrons. The van der Waals surface area contributed by atoms with E-state index in [2.05, 4.69) is 10.6 Å². The minimum Gasteiger partial charge on any atom is -0.494 e. The minimum atomic E-state index is -0.222. The van der Waals surface area contributed by atoms with E-state index in [4.69, 9.17) is 21.1 Å². The monoisotopic (exact) mass is 390 g/mol. The zero-order chi connectivity index (χ0) is 19.6. The van der Waals surface area contributed by atoms with Crippen molar-refractivity contribution in [3.63, 3.8) is 0 Å². The highest BCUT2D eigenvalue weighted by Gasteiger charge is 2.06. The number of hydrogen-bond acceptors (Lipinski definition) is 4. The quantitative estimate of drug-likeness (QED) is 0.642. The first-order chi connectivity index (χ1) is 13.0. The van der Waals surface area contributed by atoms with Gasteiger partial charge in [-0.2, -0.15) is 0 Å². The van der Waals surface area contributed by atoms with Crippen molar-refractivity contribution in [3.8, 4) is 11.5 Å². The highest BCUT2D eigenvalue weighted by Crippen LogP contribution is 2.21. The summed E-state index contributed by atoms with van der Waals surface area (Å²) in [6.07, 6.45) is 0.913. The number of carbonyl (C=O) groups is 2. The highest BCUT2D eigenvalue weighted by atomic mass is 35.5. The van der Waals surface area contributed by atoms with Gasteiger partial charge < -0.3 is 20.1 Å². The van der Waals surface area contributed by atoms with Crippen molar-refractivity contribution in [1.82, 2.24) is 5.32 Å². The predicted molar refractivity (Wildman–Crippen MR) is 106 cm³/mol. The molecule has 0 aliphatic rings. The number of rotatable bonds is 9. The number of benzene rings is 2. The molecule has 0 unspecified atom stereocenters. The third-order valence-corrected chi connectivity index (χ3v) is 4.14. The lowest BCUT2D eigenvalue weighted by atomic mass is 10.2. The lowest BCUT2D eigenvalue weighted by Crippen LogP contribution is -2.24. The van der Waals surface area contributed by atoms with Gasteiger partial charge in [0.2, 0.25) is 5.91 Å². The van der Waals surface area contributed by atoms with E-state index < -0.39 is 0 Å². The van der Waals surface area contributed by atoms with Crippen LogP contribution in [0.15, 0.2) is 42.5 Å². The molecule has 0 aliphatic heterocycles. The normalized spacial score (nSPS) is 10.2. The van der Waals surface area contributed by atoms with Crippen LogP contribution in [0.25, 0.3) is 0 Å². The number of aryl methyl sites for hydroxylation is 1. The van der Waals surface area contributed by atoms with E-state index in [-0.39, 0.29) is 18.4 Å². The fourth-order valence-electron chi connectivity index (χ4n) is 2.24. The van der Waals surface area contributed by atoms with E-state index in [1.54, 1.807) is 43.4 Å². The fourth-order valence-corrected chi connectivity index (χ4v) is 2.36. The van der Waals surface area contributed by atoms with Crippen LogP contribution in [0.1, 0.15) is 18.4 Å². The first-order valence-corrected chi connectivity index (χ1v) is 8.98. The fraction of sp³-hybridized carbons (Fsp3) is 0.300. The lowest BCUT2D eigenvalue weighted by Gasteiger charge is -2.10. The Kier molecular flexibility index (Phi) is 7.95. The molecule has 0 fully saturated rings. The van der Waals surface area contributed by atoms with E-state index in [0.717, 1.165) is 11.3 Å². The maximum absolute atomic E-state index is 12.1. The molecule has 0 aromatic heterocycles. The first-order valence-electron chi connectivity index (χ1n) is 8.60. The number of ether oxygens (including phenoxy) is 2. The summed E-state index contributed by atoms with van der Waals surface area (Å²) in [6.45, 7) is 2.27. The Morgan fingerprint density at radius 3 is 2.56 bits per heavy atom. The zero-order valence-corrected chi connectivity index (χ0v) is 16.1. The molecule has 2 N–H and O–H groups in total. The lowest BCUT2D eigenvalue weighted by molar-refractivity contribution is -0.122. The first kappa shape index (κ1) is 20.6. The number of halogens is 1. The average Bonchev–Trinajstić information content (AvgIpc) is 2.66. The molecule has 0 atom stereocenters. The Labute approximate surface area is 163 Å². The van der Waals surface area contributed by atoms with Gasteiger partial charge in [0.05, 0.1) is 6.61 Å². The number of nitrogens with one attached hydrogen (secondary N) is 2. The van der Waals surface area contributed by atoms with Crippen molar-refractivity contribution in [2.75, 3.05) is 25.6 Å². The van der Waals surface area contributed by atoms with Gasteiger partial charge in [0.25, 0.3) is 5.91 Å². The Bertz CT molecular complexity index is 795. The van der Waals surface area contributed by atoms with Crippen LogP contribution in [-0.4, -0.2) is 32.1 Å². The van der Waals surface area contributed by atoms with Gasteiger partial charge in [-0.15, -0.1) is 0 Å². The molecule has 0 heterocycles. The number of anilines is 1.